The van der Waals surface area contributed by atoms with Gasteiger partial charge in [0, 0.05) is 30.8 Å². The molecule has 0 spiro atoms. The van der Waals surface area contributed by atoms with Crippen LogP contribution >= 0.6 is 0 Å². The van der Waals surface area contributed by atoms with Crippen LogP contribution in [0.2, 0.25) is 0 Å². The number of benzene rings is 1. The first-order valence-electron chi connectivity index (χ1n) is 6.36. The first-order chi connectivity index (χ1) is 8.61. The van der Waals surface area contributed by atoms with Crippen LogP contribution in [0.3, 0.4) is 0 Å². The predicted molar refractivity (Wildman–Crippen MR) is 71.2 cm³/mol. The highest BCUT2D eigenvalue weighted by atomic mass is 16.7. The fraction of sp³-hybridized carbons (Fsp3) is 0.571. The van der Waals surface area contributed by atoms with Crippen LogP contribution in [0, 0.1) is 18.8 Å². The molecule has 1 heterocycles. The van der Waals surface area contributed by atoms with Gasteiger partial charge in [-0.15, -0.1) is 0 Å². The van der Waals surface area contributed by atoms with Crippen LogP contribution in [-0.4, -0.2) is 25.1 Å². The highest BCUT2D eigenvalue weighted by molar-refractivity contribution is 5.60. The summed E-state index contributed by atoms with van der Waals surface area (Å²) in [5.74, 6) is 2.31. The molecule has 1 aliphatic rings. The molecule has 1 unspecified atom stereocenters. The van der Waals surface area contributed by atoms with Gasteiger partial charge in [-0.1, -0.05) is 13.8 Å². The molecule has 1 aliphatic heterocycles. The number of aliphatic hydroxyl groups excluding tert-OH is 1. The molecule has 1 aromatic carbocycles. The van der Waals surface area contributed by atoms with Crippen molar-refractivity contribution in [2.45, 2.75) is 20.8 Å². The molecule has 0 amide bonds. The molecule has 4 nitrogen and oxygen atoms in total. The summed E-state index contributed by atoms with van der Waals surface area (Å²) in [7, 11) is 0. The van der Waals surface area contributed by atoms with Crippen molar-refractivity contribution < 1.29 is 14.6 Å². The van der Waals surface area contributed by atoms with Crippen molar-refractivity contribution in [2.24, 2.45) is 11.8 Å². The van der Waals surface area contributed by atoms with E-state index in [1.165, 1.54) is 0 Å². The van der Waals surface area contributed by atoms with E-state index in [2.05, 4.69) is 19.2 Å². The lowest BCUT2D eigenvalue weighted by molar-refractivity contribution is 0.174. The fourth-order valence-corrected chi connectivity index (χ4v) is 1.99. The van der Waals surface area contributed by atoms with Crippen molar-refractivity contribution in [3.8, 4) is 11.5 Å². The Kier molecular flexibility index (Phi) is 3.97. The van der Waals surface area contributed by atoms with E-state index in [9.17, 15) is 5.11 Å². The number of rotatable bonds is 5. The maximum atomic E-state index is 9.31. The van der Waals surface area contributed by atoms with Crippen molar-refractivity contribution in [3.05, 3.63) is 17.7 Å². The largest absolute Gasteiger partial charge is 0.454 e. The minimum atomic E-state index is 0.203. The van der Waals surface area contributed by atoms with E-state index < -0.39 is 0 Å². The lowest BCUT2D eigenvalue weighted by Gasteiger charge is -2.20. The van der Waals surface area contributed by atoms with Gasteiger partial charge in [0.25, 0.3) is 0 Å². The zero-order chi connectivity index (χ0) is 13.1. The van der Waals surface area contributed by atoms with Gasteiger partial charge in [0.05, 0.1) is 0 Å². The molecular formula is C14H21NO3. The molecule has 2 rings (SSSR count). The van der Waals surface area contributed by atoms with Gasteiger partial charge < -0.3 is 19.9 Å². The summed E-state index contributed by atoms with van der Waals surface area (Å²) in [5, 5.41) is 12.7. The molecule has 0 saturated carbocycles. The van der Waals surface area contributed by atoms with Gasteiger partial charge in [0.1, 0.15) is 0 Å². The lowest BCUT2D eigenvalue weighted by atomic mass is 9.96. The maximum absolute atomic E-state index is 9.31. The van der Waals surface area contributed by atoms with Gasteiger partial charge >= 0.3 is 0 Å². The second kappa shape index (κ2) is 5.48. The van der Waals surface area contributed by atoms with E-state index in [0.29, 0.717) is 12.7 Å². The molecule has 0 saturated heterocycles. The molecule has 100 valence electrons. The highest BCUT2D eigenvalue weighted by Gasteiger charge is 2.17. The highest BCUT2D eigenvalue weighted by Crippen LogP contribution is 2.36. The van der Waals surface area contributed by atoms with Crippen LogP contribution in [0.15, 0.2) is 12.1 Å². The van der Waals surface area contributed by atoms with Gasteiger partial charge in [-0.05, 0) is 24.5 Å². The van der Waals surface area contributed by atoms with E-state index in [4.69, 9.17) is 9.47 Å². The zero-order valence-corrected chi connectivity index (χ0v) is 11.2. The van der Waals surface area contributed by atoms with Gasteiger partial charge in [-0.2, -0.15) is 0 Å². The Morgan fingerprint density at radius 1 is 1.28 bits per heavy atom. The van der Waals surface area contributed by atoms with E-state index in [-0.39, 0.29) is 12.5 Å². The Morgan fingerprint density at radius 3 is 2.56 bits per heavy atom. The van der Waals surface area contributed by atoms with Gasteiger partial charge in [0.15, 0.2) is 11.5 Å². The van der Waals surface area contributed by atoms with Crippen molar-refractivity contribution in [1.82, 2.24) is 0 Å². The summed E-state index contributed by atoms with van der Waals surface area (Å²) in [6.45, 7) is 7.53. The third-order valence-electron chi connectivity index (χ3n) is 3.45. The third-order valence-corrected chi connectivity index (χ3v) is 3.45. The number of hydrogen-bond acceptors (Lipinski definition) is 4. The monoisotopic (exact) mass is 251 g/mol. The fourth-order valence-electron chi connectivity index (χ4n) is 1.99. The number of nitrogens with one attached hydrogen (secondary N) is 1. The average molecular weight is 251 g/mol. The van der Waals surface area contributed by atoms with Gasteiger partial charge in [-0.25, -0.2) is 0 Å². The standard InChI is InChI=1S/C14H21NO3/c1-9(2)11(7-16)6-15-12-5-14-13(4-10(12)3)17-8-18-14/h4-5,9,11,15-16H,6-8H2,1-3H3. The minimum Gasteiger partial charge on any atom is -0.454 e. The van der Waals surface area contributed by atoms with Crippen molar-refractivity contribution in [3.63, 3.8) is 0 Å². The number of aliphatic hydroxyl groups is 1. The van der Waals surface area contributed by atoms with E-state index in [1.54, 1.807) is 0 Å². The van der Waals surface area contributed by atoms with Gasteiger partial charge in [-0.3, -0.25) is 0 Å². The van der Waals surface area contributed by atoms with E-state index in [1.807, 2.05) is 19.1 Å². The number of aryl methyl sites for hydroxylation is 1. The lowest BCUT2D eigenvalue weighted by Crippen LogP contribution is -2.23. The summed E-state index contributed by atoms with van der Waals surface area (Å²) < 4.78 is 10.7. The Labute approximate surface area is 108 Å². The molecule has 1 aromatic rings. The number of fused-ring (bicyclic) bond motifs is 1. The molecule has 4 heteroatoms. The van der Waals surface area contributed by atoms with Crippen molar-refractivity contribution in [2.75, 3.05) is 25.3 Å². The molecule has 0 aromatic heterocycles. The number of ether oxygens (including phenoxy) is 2. The van der Waals surface area contributed by atoms with Crippen LogP contribution in [0.4, 0.5) is 5.69 Å². The van der Waals surface area contributed by atoms with Crippen molar-refractivity contribution in [1.29, 1.82) is 0 Å². The topological polar surface area (TPSA) is 50.7 Å². The second-order valence-corrected chi connectivity index (χ2v) is 5.09. The Bertz CT molecular complexity index is 418. The Balaban J connectivity index is 2.05. The first-order valence-corrected chi connectivity index (χ1v) is 6.36. The molecule has 0 fully saturated rings. The van der Waals surface area contributed by atoms with E-state index >= 15 is 0 Å². The van der Waals surface area contributed by atoms with Crippen LogP contribution in [-0.2, 0) is 0 Å². The second-order valence-electron chi connectivity index (χ2n) is 5.09. The van der Waals surface area contributed by atoms with Crippen LogP contribution in [0.5, 0.6) is 11.5 Å². The summed E-state index contributed by atoms with van der Waals surface area (Å²) in [6.07, 6.45) is 0. The molecule has 0 bridgehead atoms. The minimum absolute atomic E-state index is 0.203. The zero-order valence-electron chi connectivity index (χ0n) is 11.2. The molecular weight excluding hydrogens is 230 g/mol. The van der Waals surface area contributed by atoms with Gasteiger partial charge in [0.2, 0.25) is 6.79 Å². The summed E-state index contributed by atoms with van der Waals surface area (Å²) in [6, 6.07) is 3.94. The smallest absolute Gasteiger partial charge is 0.231 e. The molecule has 18 heavy (non-hydrogen) atoms. The Hall–Kier alpha value is -1.42. The first kappa shape index (κ1) is 13.0. The SMILES string of the molecule is Cc1cc2c(cc1NCC(CO)C(C)C)OCO2. The number of hydrogen-bond donors (Lipinski definition) is 2. The van der Waals surface area contributed by atoms with Crippen molar-refractivity contribution >= 4 is 5.69 Å². The summed E-state index contributed by atoms with van der Waals surface area (Å²) in [5.41, 5.74) is 2.16. The third kappa shape index (κ3) is 2.70. The number of anilines is 1. The summed E-state index contributed by atoms with van der Waals surface area (Å²) in [4.78, 5) is 0. The molecule has 0 aliphatic carbocycles. The summed E-state index contributed by atoms with van der Waals surface area (Å²) >= 11 is 0. The quantitative estimate of drug-likeness (QED) is 0.843. The average Bonchev–Trinajstić information content (AvgIpc) is 2.76. The van der Waals surface area contributed by atoms with Crippen LogP contribution in [0.1, 0.15) is 19.4 Å². The van der Waals surface area contributed by atoms with E-state index in [0.717, 1.165) is 29.3 Å². The molecule has 2 N–H and O–H groups in total. The molecule has 1 atom stereocenters. The van der Waals surface area contributed by atoms with Crippen LogP contribution < -0.4 is 14.8 Å². The van der Waals surface area contributed by atoms with Crippen LogP contribution in [0.25, 0.3) is 0 Å². The molecule has 0 radical (unpaired) electrons. The predicted octanol–water partition coefficient (Wildman–Crippen LogP) is 2.40. The normalized spacial score (nSPS) is 14.9. The Morgan fingerprint density at radius 2 is 1.94 bits per heavy atom. The maximum Gasteiger partial charge on any atom is 0.231 e.